The van der Waals surface area contributed by atoms with E-state index in [1.54, 1.807) is 24.3 Å². The summed E-state index contributed by atoms with van der Waals surface area (Å²) in [5.41, 5.74) is 7.24. The lowest BCUT2D eigenvalue weighted by molar-refractivity contribution is -0.385. The molecule has 2 N–H and O–H groups in total. The molecule has 2 aromatic carbocycles. The van der Waals surface area contributed by atoms with Gasteiger partial charge >= 0.3 is 0 Å². The molecule has 2 rings (SSSR count). The average molecular weight is 325 g/mol. The Hall–Kier alpha value is -1.92. The van der Waals surface area contributed by atoms with Crippen molar-refractivity contribution in [3.05, 3.63) is 57.1 Å². The zero-order valence-electron chi connectivity index (χ0n) is 11.2. The van der Waals surface area contributed by atoms with Gasteiger partial charge in [0.05, 0.1) is 23.1 Å². The van der Waals surface area contributed by atoms with Gasteiger partial charge in [-0.3, -0.25) is 10.1 Å². The van der Waals surface area contributed by atoms with Crippen molar-refractivity contribution in [1.29, 1.82) is 0 Å². The number of halogens is 1. The summed E-state index contributed by atoms with van der Waals surface area (Å²) in [6, 6.07) is 9.96. The number of hydrogen-bond acceptors (Lipinski definition) is 5. The summed E-state index contributed by atoms with van der Waals surface area (Å²) in [7, 11) is 1.47. The Kier molecular flexibility index (Phi) is 4.93. The van der Waals surface area contributed by atoms with Crippen molar-refractivity contribution in [1.82, 2.24) is 0 Å². The molecule has 0 bridgehead atoms. The third kappa shape index (κ3) is 3.80. The van der Waals surface area contributed by atoms with Crippen LogP contribution < -0.4 is 10.5 Å². The molecule has 0 unspecified atom stereocenters. The number of nitrogens with two attached hydrogens (primary N) is 1. The van der Waals surface area contributed by atoms with Gasteiger partial charge in [0.1, 0.15) is 5.75 Å². The molecular formula is C14H13ClN2O3S. The van der Waals surface area contributed by atoms with Crippen LogP contribution in [0.2, 0.25) is 5.02 Å². The van der Waals surface area contributed by atoms with Crippen LogP contribution in [0, 0.1) is 10.1 Å². The third-order valence-corrected chi connectivity index (χ3v) is 4.43. The van der Waals surface area contributed by atoms with Crippen molar-refractivity contribution in [2.24, 2.45) is 0 Å². The summed E-state index contributed by atoms with van der Waals surface area (Å²) in [5, 5.41) is 11.5. The minimum absolute atomic E-state index is 0.00270. The van der Waals surface area contributed by atoms with Crippen molar-refractivity contribution < 1.29 is 9.66 Å². The first kappa shape index (κ1) is 15.5. The van der Waals surface area contributed by atoms with Gasteiger partial charge in [-0.1, -0.05) is 17.7 Å². The molecule has 0 saturated carbocycles. The number of thioether (sulfide) groups is 1. The molecule has 0 aliphatic carbocycles. The molecule has 0 radical (unpaired) electrons. The van der Waals surface area contributed by atoms with E-state index in [0.29, 0.717) is 22.2 Å². The van der Waals surface area contributed by atoms with E-state index in [2.05, 4.69) is 0 Å². The summed E-state index contributed by atoms with van der Waals surface area (Å²) in [6.45, 7) is 0. The first-order chi connectivity index (χ1) is 10.0. The number of rotatable bonds is 5. The first-order valence-electron chi connectivity index (χ1n) is 6.00. The zero-order chi connectivity index (χ0) is 15.4. The van der Waals surface area contributed by atoms with Crippen LogP contribution in [0.3, 0.4) is 0 Å². The summed E-state index contributed by atoms with van der Waals surface area (Å²) >= 11 is 7.53. The van der Waals surface area contributed by atoms with Crippen molar-refractivity contribution in [2.75, 3.05) is 12.8 Å². The zero-order valence-corrected chi connectivity index (χ0v) is 12.8. The third-order valence-electron chi connectivity index (χ3n) is 2.78. The van der Waals surface area contributed by atoms with Gasteiger partial charge in [-0.25, -0.2) is 0 Å². The Bertz CT molecular complexity index is 659. The molecule has 0 aliphatic rings. The van der Waals surface area contributed by atoms with Gasteiger partial charge in [-0.15, -0.1) is 11.8 Å². The van der Waals surface area contributed by atoms with Crippen LogP contribution in [0.4, 0.5) is 11.4 Å². The second-order valence-electron chi connectivity index (χ2n) is 4.24. The van der Waals surface area contributed by atoms with Gasteiger partial charge in [0, 0.05) is 22.4 Å². The second-order valence-corrected chi connectivity index (χ2v) is 5.64. The minimum Gasteiger partial charge on any atom is -0.496 e. The topological polar surface area (TPSA) is 78.4 Å². The molecule has 0 aliphatic heterocycles. The highest BCUT2D eigenvalue weighted by Crippen LogP contribution is 2.35. The van der Waals surface area contributed by atoms with E-state index >= 15 is 0 Å². The highest BCUT2D eigenvalue weighted by Gasteiger charge is 2.12. The SMILES string of the molecule is COc1cc(CSc2c(N)cccc2Cl)cc([N+](=O)[O-])c1. The number of nitrogen functional groups attached to an aromatic ring is 1. The molecular weight excluding hydrogens is 312 g/mol. The molecule has 0 saturated heterocycles. The number of nitrogens with zero attached hydrogens (tertiary/aromatic N) is 1. The normalized spacial score (nSPS) is 10.4. The monoisotopic (exact) mass is 324 g/mol. The Labute approximate surface area is 131 Å². The lowest BCUT2D eigenvalue weighted by atomic mass is 10.2. The highest BCUT2D eigenvalue weighted by molar-refractivity contribution is 7.98. The van der Waals surface area contributed by atoms with Crippen molar-refractivity contribution in [3.8, 4) is 5.75 Å². The van der Waals surface area contributed by atoms with Gasteiger partial charge in [-0.2, -0.15) is 0 Å². The molecule has 5 nitrogen and oxygen atoms in total. The lowest BCUT2D eigenvalue weighted by Crippen LogP contribution is -1.94. The standard InChI is InChI=1S/C14H13ClN2O3S/c1-20-11-6-9(5-10(7-11)17(18)19)8-21-14-12(15)3-2-4-13(14)16/h2-7H,8,16H2,1H3. The number of non-ortho nitro benzene ring substituents is 1. The van der Waals surface area contributed by atoms with Gasteiger partial charge in [-0.05, 0) is 23.8 Å². The van der Waals surface area contributed by atoms with Crippen molar-refractivity contribution in [2.45, 2.75) is 10.6 Å². The molecule has 0 aromatic heterocycles. The number of benzene rings is 2. The predicted molar refractivity (Wildman–Crippen MR) is 85.1 cm³/mol. The Morgan fingerprint density at radius 3 is 2.76 bits per heavy atom. The molecule has 21 heavy (non-hydrogen) atoms. The van der Waals surface area contributed by atoms with Gasteiger partial charge in [0.2, 0.25) is 0 Å². The summed E-state index contributed by atoms with van der Waals surface area (Å²) in [4.78, 5) is 11.2. The van der Waals surface area contributed by atoms with Crippen LogP contribution in [-0.2, 0) is 5.75 Å². The minimum atomic E-state index is -0.444. The fraction of sp³-hybridized carbons (Fsp3) is 0.143. The van der Waals surface area contributed by atoms with Crippen LogP contribution in [0.15, 0.2) is 41.3 Å². The number of methoxy groups -OCH3 is 1. The Morgan fingerprint density at radius 2 is 2.14 bits per heavy atom. The number of hydrogen-bond donors (Lipinski definition) is 1. The highest BCUT2D eigenvalue weighted by atomic mass is 35.5. The number of nitro benzene ring substituents is 1. The molecule has 2 aromatic rings. The fourth-order valence-corrected chi connectivity index (χ4v) is 3.05. The van der Waals surface area contributed by atoms with E-state index in [1.807, 2.05) is 0 Å². The van der Waals surface area contributed by atoms with Gasteiger partial charge < -0.3 is 10.5 Å². The predicted octanol–water partition coefficient (Wildman–Crippen LogP) is 4.13. The van der Waals surface area contributed by atoms with E-state index in [-0.39, 0.29) is 5.69 Å². The maximum Gasteiger partial charge on any atom is 0.273 e. The van der Waals surface area contributed by atoms with Crippen LogP contribution in [0.5, 0.6) is 5.75 Å². The van der Waals surface area contributed by atoms with Crippen LogP contribution in [0.25, 0.3) is 0 Å². The molecule has 0 atom stereocenters. The van der Waals surface area contributed by atoms with E-state index in [4.69, 9.17) is 22.1 Å². The largest absolute Gasteiger partial charge is 0.496 e. The van der Waals surface area contributed by atoms with E-state index < -0.39 is 4.92 Å². The van der Waals surface area contributed by atoms with E-state index in [1.165, 1.54) is 31.0 Å². The summed E-state index contributed by atoms with van der Waals surface area (Å²) < 4.78 is 5.08. The van der Waals surface area contributed by atoms with E-state index in [0.717, 1.165) is 10.5 Å². The lowest BCUT2D eigenvalue weighted by Gasteiger charge is -2.08. The maximum absolute atomic E-state index is 10.9. The molecule has 0 heterocycles. The van der Waals surface area contributed by atoms with Crippen molar-refractivity contribution >= 4 is 34.7 Å². The smallest absolute Gasteiger partial charge is 0.273 e. The summed E-state index contributed by atoms with van der Waals surface area (Å²) in [5.74, 6) is 0.957. The average Bonchev–Trinajstić information content (AvgIpc) is 2.46. The number of nitro groups is 1. The quantitative estimate of drug-likeness (QED) is 0.387. The van der Waals surface area contributed by atoms with Crippen molar-refractivity contribution in [3.63, 3.8) is 0 Å². The fourth-order valence-electron chi connectivity index (χ4n) is 1.78. The summed E-state index contributed by atoms with van der Waals surface area (Å²) in [6.07, 6.45) is 0. The number of anilines is 1. The van der Waals surface area contributed by atoms with Gasteiger partial charge in [0.15, 0.2) is 0 Å². The first-order valence-corrected chi connectivity index (χ1v) is 7.36. The maximum atomic E-state index is 10.9. The molecule has 110 valence electrons. The molecule has 0 fully saturated rings. The molecule has 7 heteroatoms. The van der Waals surface area contributed by atoms with Crippen LogP contribution >= 0.6 is 23.4 Å². The Balaban J connectivity index is 2.23. The second kappa shape index (κ2) is 6.69. The Morgan fingerprint density at radius 1 is 1.38 bits per heavy atom. The van der Waals surface area contributed by atoms with Crippen LogP contribution in [-0.4, -0.2) is 12.0 Å². The van der Waals surface area contributed by atoms with Crippen LogP contribution in [0.1, 0.15) is 5.56 Å². The van der Waals surface area contributed by atoms with E-state index in [9.17, 15) is 10.1 Å². The van der Waals surface area contributed by atoms with Gasteiger partial charge in [0.25, 0.3) is 5.69 Å². The molecule has 0 spiro atoms. The molecule has 0 amide bonds. The number of ether oxygens (including phenoxy) is 1.